The fourth-order valence-electron chi connectivity index (χ4n) is 3.75. The molecule has 8 atom stereocenters. The van der Waals surface area contributed by atoms with Crippen LogP contribution >= 0.6 is 7.82 Å². The topological polar surface area (TPSA) is 81.7 Å². The van der Waals surface area contributed by atoms with Gasteiger partial charge in [0.15, 0.2) is 0 Å². The lowest BCUT2D eigenvalue weighted by atomic mass is 10.0. The fraction of sp³-hybridized carbons (Fsp3) is 1.00. The zero-order valence-corrected chi connectivity index (χ0v) is 16.2. The van der Waals surface area contributed by atoms with Gasteiger partial charge in [0, 0.05) is 33.5 Å². The Morgan fingerprint density at radius 2 is 1.80 bits per heavy atom. The second kappa shape index (κ2) is 8.31. The molecule has 0 aliphatic carbocycles. The zero-order valence-electron chi connectivity index (χ0n) is 15.3. The fourth-order valence-corrected chi connectivity index (χ4v) is 5.36. The number of ether oxygens (including phenoxy) is 4. The third-order valence-corrected chi connectivity index (χ3v) is 6.44. The van der Waals surface area contributed by atoms with E-state index in [4.69, 9.17) is 32.5 Å². The van der Waals surface area contributed by atoms with Crippen LogP contribution in [0.3, 0.4) is 0 Å². The molecule has 0 aromatic carbocycles. The highest BCUT2D eigenvalue weighted by molar-refractivity contribution is 7.48. The molecule has 25 heavy (non-hydrogen) atoms. The van der Waals surface area contributed by atoms with Crippen LogP contribution in [0.4, 0.5) is 0 Å². The minimum atomic E-state index is -3.69. The summed E-state index contributed by atoms with van der Waals surface area (Å²) in [6.07, 6.45) is 0.681. The molecule has 3 heterocycles. The molecule has 3 aliphatic rings. The van der Waals surface area contributed by atoms with Gasteiger partial charge in [-0.1, -0.05) is 0 Å². The van der Waals surface area contributed by atoms with Gasteiger partial charge >= 0.3 is 7.82 Å². The van der Waals surface area contributed by atoms with Crippen LogP contribution in [0, 0.1) is 0 Å². The highest BCUT2D eigenvalue weighted by Gasteiger charge is 2.48. The smallest absolute Gasteiger partial charge is 0.382 e. The highest BCUT2D eigenvalue weighted by Crippen LogP contribution is 2.57. The van der Waals surface area contributed by atoms with Crippen molar-refractivity contribution < 1.29 is 37.1 Å². The molecule has 0 spiro atoms. The van der Waals surface area contributed by atoms with Crippen LogP contribution < -0.4 is 0 Å². The largest absolute Gasteiger partial charge is 0.475 e. The summed E-state index contributed by atoms with van der Waals surface area (Å²) < 4.78 is 52.3. The molecule has 146 valence electrons. The molecule has 0 aromatic heterocycles. The standard InChI is InChI=1S/C16H29O8P/c1-10-7-13(15(21-10)9-18-3)24-25(17)20-6-5-12(23-25)16-14(19-4)8-11(2)22-16/h10-16H,5-9H2,1-4H3/t10-,11-,12-,13-,14-,15+,16+,25+/m0/s1. The molecule has 0 unspecified atom stereocenters. The van der Waals surface area contributed by atoms with E-state index in [1.807, 2.05) is 13.8 Å². The molecule has 9 heteroatoms. The van der Waals surface area contributed by atoms with E-state index in [-0.39, 0.29) is 42.7 Å². The van der Waals surface area contributed by atoms with E-state index in [2.05, 4.69) is 0 Å². The molecule has 0 N–H and O–H groups in total. The van der Waals surface area contributed by atoms with Gasteiger partial charge in [0.1, 0.15) is 24.4 Å². The molecule has 8 nitrogen and oxygen atoms in total. The number of rotatable bonds is 6. The monoisotopic (exact) mass is 380 g/mol. The van der Waals surface area contributed by atoms with Crippen molar-refractivity contribution in [2.75, 3.05) is 27.4 Å². The van der Waals surface area contributed by atoms with Crippen molar-refractivity contribution in [2.24, 2.45) is 0 Å². The predicted octanol–water partition coefficient (Wildman–Crippen LogP) is 2.30. The molecule has 0 bridgehead atoms. The Hall–Kier alpha value is -0.0500. The normalized spacial score (nSPS) is 48.1. The van der Waals surface area contributed by atoms with Crippen LogP contribution in [-0.4, -0.2) is 70.2 Å². The van der Waals surface area contributed by atoms with Crippen molar-refractivity contribution in [3.63, 3.8) is 0 Å². The Labute approximate surface area is 149 Å². The van der Waals surface area contributed by atoms with Gasteiger partial charge in [-0.25, -0.2) is 4.57 Å². The maximum Gasteiger partial charge on any atom is 0.475 e. The summed E-state index contributed by atoms with van der Waals surface area (Å²) in [6, 6.07) is 0. The van der Waals surface area contributed by atoms with E-state index in [9.17, 15) is 4.57 Å². The number of phosphoric ester groups is 1. The second-order valence-electron chi connectivity index (χ2n) is 6.95. The molecule has 3 aliphatic heterocycles. The SMILES string of the molecule is COC[C@H]1O[C@@H](C)C[C@@H]1O[P@]1(=O)OCC[C@@H]([C@H]2O[C@@H](C)C[C@@H]2OC)O1. The quantitative estimate of drug-likeness (QED) is 0.650. The number of phosphoric acid groups is 1. The summed E-state index contributed by atoms with van der Waals surface area (Å²) in [5.41, 5.74) is 0. The first kappa shape index (κ1) is 19.7. The van der Waals surface area contributed by atoms with Gasteiger partial charge in [-0.2, -0.15) is 0 Å². The van der Waals surface area contributed by atoms with Gasteiger partial charge in [0.25, 0.3) is 0 Å². The Morgan fingerprint density at radius 1 is 1.08 bits per heavy atom. The molecule has 0 aromatic rings. The molecular weight excluding hydrogens is 351 g/mol. The van der Waals surface area contributed by atoms with Gasteiger partial charge < -0.3 is 18.9 Å². The summed E-state index contributed by atoms with van der Waals surface area (Å²) in [5.74, 6) is 0. The summed E-state index contributed by atoms with van der Waals surface area (Å²) in [7, 11) is -0.437. The van der Waals surface area contributed by atoms with Gasteiger partial charge in [0.05, 0.1) is 31.5 Å². The summed E-state index contributed by atoms with van der Waals surface area (Å²) in [6.45, 7) is 4.61. The first-order valence-corrected chi connectivity index (χ1v) is 10.3. The summed E-state index contributed by atoms with van der Waals surface area (Å²) >= 11 is 0. The molecular formula is C16H29O8P. The Bertz CT molecular complexity index is 489. The first-order chi connectivity index (χ1) is 11.9. The number of hydrogen-bond donors (Lipinski definition) is 0. The van der Waals surface area contributed by atoms with Crippen molar-refractivity contribution in [1.29, 1.82) is 0 Å². The van der Waals surface area contributed by atoms with E-state index in [1.165, 1.54) is 0 Å². The lowest BCUT2D eigenvalue weighted by Gasteiger charge is -2.34. The van der Waals surface area contributed by atoms with E-state index in [1.54, 1.807) is 14.2 Å². The maximum absolute atomic E-state index is 13.0. The van der Waals surface area contributed by atoms with Crippen molar-refractivity contribution in [3.8, 4) is 0 Å². The first-order valence-electron chi connectivity index (χ1n) is 8.88. The Morgan fingerprint density at radius 3 is 2.52 bits per heavy atom. The minimum absolute atomic E-state index is 0.00854. The predicted molar refractivity (Wildman–Crippen MR) is 88.5 cm³/mol. The molecule has 3 saturated heterocycles. The average molecular weight is 380 g/mol. The third kappa shape index (κ3) is 4.62. The lowest BCUT2D eigenvalue weighted by Crippen LogP contribution is -2.40. The second-order valence-corrected chi connectivity index (χ2v) is 8.53. The van der Waals surface area contributed by atoms with E-state index in [0.717, 1.165) is 6.42 Å². The van der Waals surface area contributed by atoms with Crippen LogP contribution in [0.25, 0.3) is 0 Å². The van der Waals surface area contributed by atoms with Crippen molar-refractivity contribution in [3.05, 3.63) is 0 Å². The van der Waals surface area contributed by atoms with Gasteiger partial charge in [-0.15, -0.1) is 0 Å². The number of hydrogen-bond acceptors (Lipinski definition) is 8. The zero-order chi connectivity index (χ0) is 18.0. The molecule has 3 rings (SSSR count). The average Bonchev–Trinajstić information content (AvgIpc) is 3.10. The Kier molecular flexibility index (Phi) is 6.55. The van der Waals surface area contributed by atoms with Crippen LogP contribution in [0.5, 0.6) is 0 Å². The van der Waals surface area contributed by atoms with Crippen LogP contribution in [0.2, 0.25) is 0 Å². The van der Waals surface area contributed by atoms with Crippen molar-refractivity contribution >= 4 is 7.82 Å². The molecule has 0 radical (unpaired) electrons. The van der Waals surface area contributed by atoms with E-state index in [0.29, 0.717) is 26.1 Å². The summed E-state index contributed by atoms with van der Waals surface area (Å²) in [5, 5.41) is 0. The van der Waals surface area contributed by atoms with Crippen molar-refractivity contribution in [2.45, 2.75) is 75.8 Å². The van der Waals surface area contributed by atoms with E-state index >= 15 is 0 Å². The van der Waals surface area contributed by atoms with Crippen LogP contribution in [0.1, 0.15) is 33.1 Å². The highest BCUT2D eigenvalue weighted by atomic mass is 31.2. The lowest BCUT2D eigenvalue weighted by molar-refractivity contribution is -0.0987. The minimum Gasteiger partial charge on any atom is -0.382 e. The summed E-state index contributed by atoms with van der Waals surface area (Å²) in [4.78, 5) is 0. The van der Waals surface area contributed by atoms with Crippen LogP contribution in [-0.2, 0) is 37.1 Å². The van der Waals surface area contributed by atoms with Gasteiger partial charge in [-0.3, -0.25) is 13.6 Å². The molecule has 0 amide bonds. The van der Waals surface area contributed by atoms with Gasteiger partial charge in [-0.05, 0) is 13.8 Å². The van der Waals surface area contributed by atoms with E-state index < -0.39 is 7.82 Å². The Balaban J connectivity index is 1.64. The van der Waals surface area contributed by atoms with Crippen LogP contribution in [0.15, 0.2) is 0 Å². The number of methoxy groups -OCH3 is 2. The molecule has 3 fully saturated rings. The molecule has 0 saturated carbocycles. The van der Waals surface area contributed by atoms with Gasteiger partial charge in [0.2, 0.25) is 0 Å². The van der Waals surface area contributed by atoms with Crippen molar-refractivity contribution in [1.82, 2.24) is 0 Å². The maximum atomic E-state index is 13.0. The third-order valence-electron chi connectivity index (χ3n) is 4.89.